The van der Waals surface area contributed by atoms with E-state index in [1.165, 1.54) is 64.1 Å². The quantitative estimate of drug-likeness (QED) is 0.0276. The van der Waals surface area contributed by atoms with E-state index in [0.717, 1.165) is 28.0 Å². The number of benzene rings is 3. The summed E-state index contributed by atoms with van der Waals surface area (Å²) in [5.41, 5.74) is 0.711. The predicted octanol–water partition coefficient (Wildman–Crippen LogP) is 6.22. The molecule has 0 spiro atoms. The highest BCUT2D eigenvalue weighted by molar-refractivity contribution is 8.77. The number of hydrogen-bond acceptors (Lipinski definition) is 14. The third-order valence-electron chi connectivity index (χ3n) is 7.62. The predicted molar refractivity (Wildman–Crippen MR) is 188 cm³/mol. The standard InChI is InChI=1S/C34H30N4O10S3/c1-20(48-34(42)47-18-21-11-12-21)29(32(41)46-17-22-13-15-23(16-14-22)38(43)44)37-30(40)28(36-27(39)19-45-24-7-3-2-4-8-24)31(37)50-51-33-35-25-9-5-6-10-26(25)49-33/h2-10,13-16,21,28,31H,11-12,17-19H2,1H3,(H,36,39). The van der Waals surface area contributed by atoms with Gasteiger partial charge < -0.3 is 24.3 Å². The molecule has 4 aromatic rings. The Balaban J connectivity index is 1.24. The van der Waals surface area contributed by atoms with Crippen LogP contribution in [0.15, 0.2) is 94.7 Å². The van der Waals surface area contributed by atoms with Crippen LogP contribution in [0.2, 0.25) is 0 Å². The van der Waals surface area contributed by atoms with Crippen molar-refractivity contribution in [3.63, 3.8) is 0 Å². The van der Waals surface area contributed by atoms with Gasteiger partial charge in [-0.15, -0.1) is 11.3 Å². The van der Waals surface area contributed by atoms with Gasteiger partial charge in [-0.05, 0) is 78.4 Å². The van der Waals surface area contributed by atoms with E-state index in [0.29, 0.717) is 15.7 Å². The molecular weight excluding hydrogens is 721 g/mol. The number of carbonyl (C=O) groups is 4. The Morgan fingerprint density at radius 1 is 1.02 bits per heavy atom. The Hall–Kier alpha value is -5.13. The van der Waals surface area contributed by atoms with E-state index in [2.05, 4.69) is 10.3 Å². The topological polar surface area (TPSA) is 176 Å². The third kappa shape index (κ3) is 9.16. The molecular formula is C34H30N4O10S3. The number of rotatable bonds is 15. The van der Waals surface area contributed by atoms with E-state index in [1.807, 2.05) is 24.3 Å². The summed E-state index contributed by atoms with van der Waals surface area (Å²) < 4.78 is 23.3. The van der Waals surface area contributed by atoms with Crippen LogP contribution in [0.25, 0.3) is 10.2 Å². The lowest BCUT2D eigenvalue weighted by Gasteiger charge is -2.46. The largest absolute Gasteiger partial charge is 0.513 e. The Morgan fingerprint density at radius 2 is 1.75 bits per heavy atom. The van der Waals surface area contributed by atoms with Gasteiger partial charge in [-0.1, -0.05) is 41.1 Å². The fourth-order valence-electron chi connectivity index (χ4n) is 4.81. The molecule has 264 valence electrons. The van der Waals surface area contributed by atoms with Crippen LogP contribution in [-0.4, -0.2) is 63.4 Å². The summed E-state index contributed by atoms with van der Waals surface area (Å²) in [5.74, 6) is -1.79. The van der Waals surface area contributed by atoms with Crippen molar-refractivity contribution in [3.8, 4) is 5.75 Å². The van der Waals surface area contributed by atoms with E-state index in [4.69, 9.17) is 18.9 Å². The van der Waals surface area contributed by atoms with Crippen molar-refractivity contribution in [2.45, 2.75) is 42.1 Å². The zero-order valence-electron chi connectivity index (χ0n) is 26.9. The van der Waals surface area contributed by atoms with Crippen molar-refractivity contribution in [2.75, 3.05) is 13.2 Å². The van der Waals surface area contributed by atoms with E-state index >= 15 is 0 Å². The molecule has 17 heteroatoms. The zero-order chi connectivity index (χ0) is 35.9. The number of ether oxygens (including phenoxy) is 4. The Morgan fingerprint density at radius 3 is 2.45 bits per heavy atom. The molecule has 1 saturated carbocycles. The minimum absolute atomic E-state index is 0.140. The van der Waals surface area contributed by atoms with Gasteiger partial charge in [0.25, 0.3) is 17.5 Å². The molecule has 51 heavy (non-hydrogen) atoms. The molecule has 2 aliphatic rings. The average molecular weight is 751 g/mol. The van der Waals surface area contributed by atoms with Crippen LogP contribution in [0.3, 0.4) is 0 Å². The second-order valence-electron chi connectivity index (χ2n) is 11.4. The zero-order valence-corrected chi connectivity index (χ0v) is 29.4. The highest BCUT2D eigenvalue weighted by atomic mass is 33.1. The first-order valence-electron chi connectivity index (χ1n) is 15.6. The van der Waals surface area contributed by atoms with Crippen molar-refractivity contribution in [1.29, 1.82) is 0 Å². The van der Waals surface area contributed by atoms with Gasteiger partial charge in [-0.25, -0.2) is 14.6 Å². The molecule has 2 unspecified atom stereocenters. The number of nitrogens with zero attached hydrogens (tertiary/aromatic N) is 3. The number of fused-ring (bicyclic) bond motifs is 1. The maximum atomic E-state index is 13.8. The average Bonchev–Trinajstić information content (AvgIpc) is 3.88. The summed E-state index contributed by atoms with van der Waals surface area (Å²) in [6, 6.07) is 20.6. The number of nitro groups is 1. The van der Waals surface area contributed by atoms with Crippen molar-refractivity contribution in [3.05, 3.63) is 106 Å². The summed E-state index contributed by atoms with van der Waals surface area (Å²) in [5, 5.41) is 12.9. The molecule has 1 aromatic heterocycles. The van der Waals surface area contributed by atoms with Crippen LogP contribution in [0, 0.1) is 16.0 Å². The number of nitro benzene ring substituents is 1. The third-order valence-corrected chi connectivity index (χ3v) is 11.6. The van der Waals surface area contributed by atoms with Gasteiger partial charge in [-0.2, -0.15) is 0 Å². The maximum absolute atomic E-state index is 13.8. The fourth-order valence-corrected chi connectivity index (χ4v) is 8.72. The van der Waals surface area contributed by atoms with Crippen molar-refractivity contribution >= 4 is 72.8 Å². The molecule has 1 aliphatic carbocycles. The number of likely N-dealkylation sites (tertiary alicyclic amines) is 1. The number of allylic oxidation sites excluding steroid dienone is 1. The monoisotopic (exact) mass is 750 g/mol. The molecule has 1 saturated heterocycles. The van der Waals surface area contributed by atoms with Crippen LogP contribution >= 0.6 is 32.9 Å². The minimum atomic E-state index is -1.10. The lowest BCUT2D eigenvalue weighted by molar-refractivity contribution is -0.384. The first-order valence-corrected chi connectivity index (χ1v) is 18.6. The summed E-state index contributed by atoms with van der Waals surface area (Å²) in [6.45, 7) is 0.809. The second kappa shape index (κ2) is 16.3. The number of nitrogens with one attached hydrogen (secondary N) is 1. The minimum Gasteiger partial charge on any atom is -0.484 e. The molecule has 3 aromatic carbocycles. The van der Waals surface area contributed by atoms with Crippen LogP contribution in [0.1, 0.15) is 25.3 Å². The van der Waals surface area contributed by atoms with Crippen LogP contribution in [0.5, 0.6) is 5.75 Å². The molecule has 0 bridgehead atoms. The summed E-state index contributed by atoms with van der Waals surface area (Å²) in [6.07, 6.45) is 0.808. The molecule has 2 heterocycles. The first-order chi connectivity index (χ1) is 24.7. The number of carbonyl (C=O) groups excluding carboxylic acids is 4. The number of non-ortho nitro benzene ring substituents is 1. The summed E-state index contributed by atoms with van der Waals surface area (Å²) >= 11 is 1.44. The molecule has 2 amide bonds. The van der Waals surface area contributed by atoms with Crippen molar-refractivity contribution < 1.29 is 43.0 Å². The van der Waals surface area contributed by atoms with Crippen LogP contribution in [0.4, 0.5) is 10.5 Å². The molecule has 2 atom stereocenters. The summed E-state index contributed by atoms with van der Waals surface area (Å²) in [7, 11) is 2.42. The van der Waals surface area contributed by atoms with Crippen LogP contribution < -0.4 is 10.1 Å². The van der Waals surface area contributed by atoms with Gasteiger partial charge in [0.05, 0.1) is 21.7 Å². The Kier molecular flexibility index (Phi) is 11.4. The number of esters is 1. The van der Waals surface area contributed by atoms with Crippen molar-refractivity contribution in [1.82, 2.24) is 15.2 Å². The Bertz CT molecular complexity index is 1930. The van der Waals surface area contributed by atoms with E-state index in [9.17, 15) is 29.3 Å². The van der Waals surface area contributed by atoms with E-state index in [1.54, 1.807) is 30.3 Å². The molecule has 1 aliphatic heterocycles. The number of thiazole rings is 1. The van der Waals surface area contributed by atoms with Gasteiger partial charge in [0.15, 0.2) is 16.6 Å². The van der Waals surface area contributed by atoms with Gasteiger partial charge in [0, 0.05) is 12.1 Å². The van der Waals surface area contributed by atoms with Gasteiger partial charge in [0.1, 0.15) is 29.5 Å². The first kappa shape index (κ1) is 35.7. The Labute approximate surface area is 303 Å². The summed E-state index contributed by atoms with van der Waals surface area (Å²) in [4.78, 5) is 69.4. The van der Waals surface area contributed by atoms with Crippen molar-refractivity contribution in [2.24, 2.45) is 5.92 Å². The fraction of sp³-hybridized carbons (Fsp3) is 0.265. The lowest BCUT2D eigenvalue weighted by Crippen LogP contribution is -2.69. The maximum Gasteiger partial charge on any atom is 0.513 e. The number of β-lactam (4-membered cyclic amide) rings is 1. The molecule has 14 nitrogen and oxygen atoms in total. The number of aromatic nitrogens is 1. The van der Waals surface area contributed by atoms with Crippen LogP contribution in [-0.2, 0) is 35.2 Å². The molecule has 6 rings (SSSR count). The number of hydrogen-bond donors (Lipinski definition) is 1. The molecule has 0 radical (unpaired) electrons. The highest BCUT2D eigenvalue weighted by Gasteiger charge is 2.53. The molecule has 2 fully saturated rings. The van der Waals surface area contributed by atoms with Gasteiger partial charge >= 0.3 is 12.1 Å². The number of amides is 2. The second-order valence-corrected chi connectivity index (χ2v) is 15.0. The number of para-hydroxylation sites is 2. The SMILES string of the molecule is CC(OC(=O)OCC1CC1)=C(C(=O)OCc1ccc([N+](=O)[O-])cc1)N1C(=O)C(NC(=O)COc2ccccc2)C1SSc1nc2ccccc2s1. The van der Waals surface area contributed by atoms with E-state index < -0.39 is 40.3 Å². The van der Waals surface area contributed by atoms with Gasteiger partial charge in [0.2, 0.25) is 0 Å². The van der Waals surface area contributed by atoms with Gasteiger partial charge in [-0.3, -0.25) is 24.6 Å². The smallest absolute Gasteiger partial charge is 0.484 e. The van der Waals surface area contributed by atoms with E-state index in [-0.39, 0.29) is 42.9 Å². The molecule has 1 N–H and O–H groups in total. The normalized spacial score (nSPS) is 17.2. The lowest BCUT2D eigenvalue weighted by atomic mass is 10.1. The highest BCUT2D eigenvalue weighted by Crippen LogP contribution is 2.46.